The van der Waals surface area contributed by atoms with Gasteiger partial charge in [0.25, 0.3) is 0 Å². The van der Waals surface area contributed by atoms with Crippen LogP contribution in [0.3, 0.4) is 0 Å². The van der Waals surface area contributed by atoms with E-state index < -0.39 is 58.4 Å². The minimum atomic E-state index is -7.31. The maximum absolute atomic E-state index is 14.3. The van der Waals surface area contributed by atoms with E-state index in [1.165, 1.54) is 0 Å². The highest BCUT2D eigenvalue weighted by Crippen LogP contribution is 2.68. The summed E-state index contributed by atoms with van der Waals surface area (Å²) < 4.78 is 113. The van der Waals surface area contributed by atoms with Crippen LogP contribution in [0.15, 0.2) is 0 Å². The van der Waals surface area contributed by atoms with Gasteiger partial charge >= 0.3 is 58.4 Å². The van der Waals surface area contributed by atoms with Crippen molar-refractivity contribution < 1.29 is 74.7 Å². The van der Waals surface area contributed by atoms with Crippen LogP contribution in [0.25, 0.3) is 0 Å². The van der Waals surface area contributed by atoms with Gasteiger partial charge in [-0.25, -0.2) is 36.7 Å². The highest BCUT2D eigenvalue weighted by molar-refractivity contribution is 6.02. The van der Waals surface area contributed by atoms with E-state index in [-0.39, 0.29) is 0 Å². The van der Waals surface area contributed by atoms with Crippen LogP contribution in [0.1, 0.15) is 0 Å². The Hall–Kier alpha value is -2.68. The normalized spacial score (nSPS) is 41.2. The first kappa shape index (κ1) is 21.4. The quantitative estimate of drug-likeness (QED) is 0.494. The molecule has 0 heterocycles. The maximum atomic E-state index is 14.3. The number of carboxylic acids is 4. The van der Waals surface area contributed by atoms with E-state index in [2.05, 4.69) is 0 Å². The second-order valence-corrected chi connectivity index (χ2v) is 5.00. The minimum Gasteiger partial charge on any atom is -0.479 e. The summed E-state index contributed by atoms with van der Waals surface area (Å²) in [6.45, 7) is 0. The first-order valence-corrected chi connectivity index (χ1v) is 5.72. The number of aliphatic carboxylic acids is 4. The van der Waals surface area contributed by atoms with Gasteiger partial charge in [0.15, 0.2) is 0 Å². The summed E-state index contributed by atoms with van der Waals surface area (Å²) in [5.74, 6) is -31.3. The lowest BCUT2D eigenvalue weighted by Gasteiger charge is -2.54. The van der Waals surface area contributed by atoms with E-state index in [0.29, 0.717) is 0 Å². The van der Waals surface area contributed by atoms with Gasteiger partial charge in [-0.3, -0.25) is 0 Å². The van der Waals surface area contributed by atoms with Gasteiger partial charge in [-0.2, -0.15) is 17.6 Å². The Labute approximate surface area is 134 Å². The van der Waals surface area contributed by atoms with E-state index >= 15 is 0 Å². The van der Waals surface area contributed by atoms with Crippen LogP contribution >= 0.6 is 0 Å². The third kappa shape index (κ3) is 1.55. The molecular formula is C10H4F8O8. The Morgan fingerprint density at radius 3 is 0.615 bits per heavy atom. The van der Waals surface area contributed by atoms with Crippen molar-refractivity contribution in [1.82, 2.24) is 0 Å². The van der Waals surface area contributed by atoms with Crippen molar-refractivity contribution in [2.75, 3.05) is 0 Å². The molecule has 4 N–H and O–H groups in total. The van der Waals surface area contributed by atoms with Crippen LogP contribution in [0, 0.1) is 0 Å². The van der Waals surface area contributed by atoms with Gasteiger partial charge in [-0.1, -0.05) is 0 Å². The van der Waals surface area contributed by atoms with E-state index in [0.717, 1.165) is 0 Å². The lowest BCUT2D eigenvalue weighted by Crippen LogP contribution is -2.92. The number of alkyl halides is 8. The molecule has 0 aromatic rings. The molecule has 16 heteroatoms. The molecule has 26 heavy (non-hydrogen) atoms. The Morgan fingerprint density at radius 2 is 0.538 bits per heavy atom. The van der Waals surface area contributed by atoms with Gasteiger partial charge in [0.05, 0.1) is 0 Å². The largest absolute Gasteiger partial charge is 0.479 e. The second-order valence-electron chi connectivity index (χ2n) is 5.00. The van der Waals surface area contributed by atoms with Crippen LogP contribution in [0.4, 0.5) is 35.1 Å². The van der Waals surface area contributed by atoms with Gasteiger partial charge < -0.3 is 20.4 Å². The summed E-state index contributed by atoms with van der Waals surface area (Å²) >= 11 is 0. The van der Waals surface area contributed by atoms with E-state index in [4.69, 9.17) is 20.4 Å². The van der Waals surface area contributed by atoms with Gasteiger partial charge in [0.1, 0.15) is 0 Å². The average Bonchev–Trinajstić information content (AvgIpc) is 2.48. The SMILES string of the molecule is O=C(O)C1(F)C(F)(F)C(F)(C(=O)O)C(F)(C(=O)O)C(F)(F)C1(F)C(=O)O. The zero-order valence-corrected chi connectivity index (χ0v) is 11.4. The number of halogens is 8. The van der Waals surface area contributed by atoms with Crippen molar-refractivity contribution in [2.45, 2.75) is 34.5 Å². The third-order valence-corrected chi connectivity index (χ3v) is 3.86. The molecule has 8 nitrogen and oxygen atoms in total. The van der Waals surface area contributed by atoms with Crippen molar-refractivity contribution in [3.63, 3.8) is 0 Å². The molecule has 0 aromatic heterocycles. The summed E-state index contributed by atoms with van der Waals surface area (Å²) in [4.78, 5) is 42.7. The fourth-order valence-corrected chi connectivity index (χ4v) is 2.47. The van der Waals surface area contributed by atoms with Crippen LogP contribution in [-0.4, -0.2) is 78.8 Å². The molecule has 1 fully saturated rings. The summed E-state index contributed by atoms with van der Waals surface area (Å²) in [5.41, 5.74) is -27.8. The van der Waals surface area contributed by atoms with Gasteiger partial charge in [0.2, 0.25) is 0 Å². The summed E-state index contributed by atoms with van der Waals surface area (Å²) in [6.07, 6.45) is 0. The van der Waals surface area contributed by atoms with Crippen molar-refractivity contribution >= 4 is 23.9 Å². The van der Waals surface area contributed by atoms with Gasteiger partial charge in [-0.15, -0.1) is 0 Å². The summed E-state index contributed by atoms with van der Waals surface area (Å²) in [5, 5.41) is 33.4. The molecule has 1 aliphatic rings. The topological polar surface area (TPSA) is 149 Å². The lowest BCUT2D eigenvalue weighted by atomic mass is 9.56. The fourth-order valence-electron chi connectivity index (χ4n) is 2.47. The van der Waals surface area contributed by atoms with E-state index in [9.17, 15) is 54.3 Å². The first-order valence-electron chi connectivity index (χ1n) is 5.72. The summed E-state index contributed by atoms with van der Waals surface area (Å²) in [7, 11) is 0. The Morgan fingerprint density at radius 1 is 0.423 bits per heavy atom. The minimum absolute atomic E-state index is 4.16. The summed E-state index contributed by atoms with van der Waals surface area (Å²) in [6, 6.07) is 0. The predicted molar refractivity (Wildman–Crippen MR) is 55.8 cm³/mol. The third-order valence-electron chi connectivity index (χ3n) is 3.86. The Bertz CT molecular complexity index is 610. The molecule has 0 saturated heterocycles. The molecular weight excluding hydrogens is 400 g/mol. The van der Waals surface area contributed by atoms with E-state index in [1.54, 1.807) is 0 Å². The molecule has 1 rings (SSSR count). The fraction of sp³-hybridized carbons (Fsp3) is 0.600. The van der Waals surface area contributed by atoms with Crippen LogP contribution in [0.5, 0.6) is 0 Å². The lowest BCUT2D eigenvalue weighted by molar-refractivity contribution is -0.379. The molecule has 0 bridgehead atoms. The molecule has 0 amide bonds. The molecule has 148 valence electrons. The monoisotopic (exact) mass is 404 g/mol. The smallest absolute Gasteiger partial charge is 0.352 e. The predicted octanol–water partition coefficient (Wildman–Crippen LogP) is 0.442. The molecule has 1 aliphatic carbocycles. The zero-order valence-electron chi connectivity index (χ0n) is 11.4. The zero-order chi connectivity index (χ0) is 21.3. The van der Waals surface area contributed by atoms with Gasteiger partial charge in [0, 0.05) is 0 Å². The standard InChI is InChI=1S/C10H4F8O8/c11-5(1(19)20)6(12,2(21)22)10(17,18)8(14,4(25)26)7(13,3(23)24)9(5,15)16/h(H,19,20)(H,21,22)(H,23,24)(H,25,26). The number of rotatable bonds is 4. The van der Waals surface area contributed by atoms with Crippen molar-refractivity contribution in [1.29, 1.82) is 0 Å². The van der Waals surface area contributed by atoms with Crippen LogP contribution in [-0.2, 0) is 19.2 Å². The molecule has 1 saturated carbocycles. The molecule has 0 spiro atoms. The van der Waals surface area contributed by atoms with Crippen LogP contribution in [0.2, 0.25) is 0 Å². The molecule has 4 unspecified atom stereocenters. The average molecular weight is 404 g/mol. The molecule has 0 radical (unpaired) electrons. The highest BCUT2D eigenvalue weighted by atomic mass is 19.3. The van der Waals surface area contributed by atoms with Crippen molar-refractivity contribution in [3.8, 4) is 0 Å². The Balaban J connectivity index is 4.38. The van der Waals surface area contributed by atoms with E-state index in [1.807, 2.05) is 0 Å². The number of hydrogen-bond donors (Lipinski definition) is 4. The van der Waals surface area contributed by atoms with Crippen molar-refractivity contribution in [2.24, 2.45) is 0 Å². The van der Waals surface area contributed by atoms with Gasteiger partial charge in [-0.05, 0) is 0 Å². The molecule has 0 aliphatic heterocycles. The molecule has 0 aromatic carbocycles. The number of hydrogen-bond acceptors (Lipinski definition) is 4. The van der Waals surface area contributed by atoms with Crippen molar-refractivity contribution in [3.05, 3.63) is 0 Å². The highest BCUT2D eigenvalue weighted by Gasteiger charge is 3.05. The molecule has 4 atom stereocenters. The second kappa shape index (κ2) is 4.94. The van der Waals surface area contributed by atoms with Crippen LogP contribution < -0.4 is 0 Å². The first-order chi connectivity index (χ1) is 11.3. The number of carboxylic acid groups (broad SMARTS) is 4. The number of carbonyl (C=O) groups is 4. The Kier molecular flexibility index (Phi) is 4.06. The maximum Gasteiger partial charge on any atom is 0.352 e.